The molecule has 0 aromatic carbocycles. The number of hydrogen-bond donors (Lipinski definition) is 1. The van der Waals surface area contributed by atoms with E-state index < -0.39 is 0 Å². The summed E-state index contributed by atoms with van der Waals surface area (Å²) in [7, 11) is 0. The van der Waals surface area contributed by atoms with E-state index in [4.69, 9.17) is 4.74 Å². The van der Waals surface area contributed by atoms with E-state index in [0.29, 0.717) is 12.2 Å². The van der Waals surface area contributed by atoms with Crippen LogP contribution in [0.3, 0.4) is 0 Å². The summed E-state index contributed by atoms with van der Waals surface area (Å²) < 4.78 is 5.86. The molecule has 80 valence electrons. The molecule has 0 aromatic rings. The van der Waals surface area contributed by atoms with Crippen LogP contribution in [0.2, 0.25) is 0 Å². The highest BCUT2D eigenvalue weighted by Gasteiger charge is 2.36. The largest absolute Gasteiger partial charge is 0.372 e. The SMILES string of the molecule is C1CC(N2CC3CCC(C2)O3)CCN1. The molecule has 3 fully saturated rings. The van der Waals surface area contributed by atoms with Crippen LogP contribution in [0.25, 0.3) is 0 Å². The van der Waals surface area contributed by atoms with Crippen molar-refractivity contribution in [3.63, 3.8) is 0 Å². The second-order valence-electron chi connectivity index (χ2n) is 4.89. The Balaban J connectivity index is 1.61. The standard InChI is InChI=1S/C11H20N2O/c1-2-11-8-13(7-10(1)14-11)9-3-5-12-6-4-9/h9-12H,1-8H2. The van der Waals surface area contributed by atoms with Crippen LogP contribution >= 0.6 is 0 Å². The molecule has 2 atom stereocenters. The zero-order valence-corrected chi connectivity index (χ0v) is 8.74. The summed E-state index contributed by atoms with van der Waals surface area (Å²) >= 11 is 0. The van der Waals surface area contributed by atoms with Gasteiger partial charge in [0, 0.05) is 19.1 Å². The number of likely N-dealkylation sites (tertiary alicyclic amines) is 1. The fraction of sp³-hybridized carbons (Fsp3) is 1.00. The van der Waals surface area contributed by atoms with E-state index in [2.05, 4.69) is 10.2 Å². The molecule has 0 aromatic heterocycles. The normalized spacial score (nSPS) is 40.3. The van der Waals surface area contributed by atoms with Crippen LogP contribution in [0.5, 0.6) is 0 Å². The maximum Gasteiger partial charge on any atom is 0.0707 e. The Bertz CT molecular complexity index is 191. The molecule has 3 aliphatic rings. The molecule has 0 amide bonds. The topological polar surface area (TPSA) is 24.5 Å². The van der Waals surface area contributed by atoms with Gasteiger partial charge in [0.05, 0.1) is 12.2 Å². The molecule has 0 spiro atoms. The lowest BCUT2D eigenvalue weighted by molar-refractivity contribution is -0.0563. The van der Waals surface area contributed by atoms with Gasteiger partial charge in [-0.15, -0.1) is 0 Å². The highest BCUT2D eigenvalue weighted by molar-refractivity contribution is 4.89. The zero-order chi connectivity index (χ0) is 9.38. The molecule has 3 saturated heterocycles. The average Bonchev–Trinajstić information content (AvgIpc) is 2.59. The maximum absolute atomic E-state index is 5.86. The Kier molecular flexibility index (Phi) is 2.48. The zero-order valence-electron chi connectivity index (χ0n) is 8.74. The number of ether oxygens (including phenoxy) is 1. The number of piperidine rings is 1. The minimum atomic E-state index is 0.559. The second kappa shape index (κ2) is 3.80. The summed E-state index contributed by atoms with van der Waals surface area (Å²) in [6.07, 6.45) is 6.38. The van der Waals surface area contributed by atoms with Gasteiger partial charge >= 0.3 is 0 Å². The second-order valence-corrected chi connectivity index (χ2v) is 4.89. The minimum absolute atomic E-state index is 0.559. The van der Waals surface area contributed by atoms with E-state index in [0.717, 1.165) is 6.04 Å². The smallest absolute Gasteiger partial charge is 0.0707 e. The lowest BCUT2D eigenvalue weighted by Crippen LogP contribution is -2.51. The minimum Gasteiger partial charge on any atom is -0.372 e. The fourth-order valence-corrected chi connectivity index (χ4v) is 3.12. The molecule has 3 nitrogen and oxygen atoms in total. The molecular formula is C11H20N2O. The molecule has 0 aliphatic carbocycles. The lowest BCUT2D eigenvalue weighted by Gasteiger charge is -2.39. The molecule has 0 radical (unpaired) electrons. The fourth-order valence-electron chi connectivity index (χ4n) is 3.12. The number of morpholine rings is 1. The number of fused-ring (bicyclic) bond motifs is 2. The molecule has 0 saturated carbocycles. The third-order valence-corrected chi connectivity index (χ3v) is 3.90. The van der Waals surface area contributed by atoms with Crippen LogP contribution in [0.15, 0.2) is 0 Å². The van der Waals surface area contributed by atoms with Gasteiger partial charge in [0.25, 0.3) is 0 Å². The van der Waals surface area contributed by atoms with E-state index in [1.54, 1.807) is 0 Å². The predicted octanol–water partition coefficient (Wildman–Crippen LogP) is 0.602. The van der Waals surface area contributed by atoms with Crippen molar-refractivity contribution in [2.45, 2.75) is 43.9 Å². The molecular weight excluding hydrogens is 176 g/mol. The molecule has 3 rings (SSSR count). The summed E-state index contributed by atoms with van der Waals surface area (Å²) in [5.41, 5.74) is 0. The van der Waals surface area contributed by atoms with E-state index >= 15 is 0 Å². The van der Waals surface area contributed by atoms with Gasteiger partial charge in [-0.2, -0.15) is 0 Å². The van der Waals surface area contributed by atoms with Gasteiger partial charge in [-0.3, -0.25) is 4.90 Å². The Morgan fingerprint density at radius 3 is 2.21 bits per heavy atom. The summed E-state index contributed by atoms with van der Waals surface area (Å²) in [4.78, 5) is 2.69. The van der Waals surface area contributed by atoms with Gasteiger partial charge in [0.2, 0.25) is 0 Å². The third-order valence-electron chi connectivity index (χ3n) is 3.90. The van der Waals surface area contributed by atoms with E-state index in [9.17, 15) is 0 Å². The summed E-state index contributed by atoms with van der Waals surface area (Å²) in [6.45, 7) is 4.80. The van der Waals surface area contributed by atoms with E-state index in [1.807, 2.05) is 0 Å². The van der Waals surface area contributed by atoms with Gasteiger partial charge in [0.15, 0.2) is 0 Å². The number of rotatable bonds is 1. The summed E-state index contributed by atoms with van der Waals surface area (Å²) in [6, 6.07) is 0.836. The molecule has 2 bridgehead atoms. The van der Waals surface area contributed by atoms with Gasteiger partial charge in [-0.05, 0) is 38.8 Å². The van der Waals surface area contributed by atoms with Crippen LogP contribution in [0.4, 0.5) is 0 Å². The van der Waals surface area contributed by atoms with Crippen molar-refractivity contribution in [3.8, 4) is 0 Å². The average molecular weight is 196 g/mol. The van der Waals surface area contributed by atoms with Crippen molar-refractivity contribution in [3.05, 3.63) is 0 Å². The Morgan fingerprint density at radius 2 is 1.57 bits per heavy atom. The van der Waals surface area contributed by atoms with Crippen LogP contribution in [0.1, 0.15) is 25.7 Å². The van der Waals surface area contributed by atoms with Crippen molar-refractivity contribution in [1.82, 2.24) is 10.2 Å². The monoisotopic (exact) mass is 196 g/mol. The molecule has 3 heterocycles. The van der Waals surface area contributed by atoms with Crippen molar-refractivity contribution in [1.29, 1.82) is 0 Å². The first-order valence-electron chi connectivity index (χ1n) is 6.02. The molecule has 1 N–H and O–H groups in total. The first-order chi connectivity index (χ1) is 6.92. The number of hydrogen-bond acceptors (Lipinski definition) is 3. The first-order valence-corrected chi connectivity index (χ1v) is 6.02. The van der Waals surface area contributed by atoms with Gasteiger partial charge < -0.3 is 10.1 Å². The van der Waals surface area contributed by atoms with Crippen molar-refractivity contribution in [2.24, 2.45) is 0 Å². The van der Waals surface area contributed by atoms with E-state index in [1.165, 1.54) is 51.9 Å². The van der Waals surface area contributed by atoms with Gasteiger partial charge in [0.1, 0.15) is 0 Å². The molecule has 2 unspecified atom stereocenters. The Labute approximate surface area is 85.8 Å². The highest BCUT2D eigenvalue weighted by Crippen LogP contribution is 2.28. The van der Waals surface area contributed by atoms with Crippen molar-refractivity contribution >= 4 is 0 Å². The van der Waals surface area contributed by atoms with Gasteiger partial charge in [-0.25, -0.2) is 0 Å². The van der Waals surface area contributed by atoms with Crippen LogP contribution < -0.4 is 5.32 Å². The quantitative estimate of drug-likeness (QED) is 0.665. The lowest BCUT2D eigenvalue weighted by atomic mass is 10.0. The van der Waals surface area contributed by atoms with Crippen LogP contribution in [0, 0.1) is 0 Å². The van der Waals surface area contributed by atoms with Crippen molar-refractivity contribution in [2.75, 3.05) is 26.2 Å². The third kappa shape index (κ3) is 1.69. The van der Waals surface area contributed by atoms with Gasteiger partial charge in [-0.1, -0.05) is 0 Å². The highest BCUT2D eigenvalue weighted by atomic mass is 16.5. The molecule has 14 heavy (non-hydrogen) atoms. The van der Waals surface area contributed by atoms with Crippen LogP contribution in [-0.2, 0) is 4.74 Å². The number of nitrogens with one attached hydrogen (secondary N) is 1. The Hall–Kier alpha value is -0.120. The Morgan fingerprint density at radius 1 is 0.929 bits per heavy atom. The van der Waals surface area contributed by atoms with E-state index in [-0.39, 0.29) is 0 Å². The predicted molar refractivity (Wildman–Crippen MR) is 55.4 cm³/mol. The molecule has 3 heteroatoms. The first kappa shape index (κ1) is 9.13. The summed E-state index contributed by atoms with van der Waals surface area (Å²) in [5, 5.41) is 3.43. The molecule has 3 aliphatic heterocycles. The maximum atomic E-state index is 5.86. The number of nitrogens with zero attached hydrogens (tertiary/aromatic N) is 1. The van der Waals surface area contributed by atoms with Crippen LogP contribution in [-0.4, -0.2) is 49.3 Å². The summed E-state index contributed by atoms with van der Waals surface area (Å²) in [5.74, 6) is 0. The van der Waals surface area contributed by atoms with Crippen molar-refractivity contribution < 1.29 is 4.74 Å².